The molecule has 19 heavy (non-hydrogen) atoms. The number of nitrogens with zero attached hydrogens (tertiary/aromatic N) is 2. The lowest BCUT2D eigenvalue weighted by Crippen LogP contribution is -1.93. The second-order valence-corrected chi connectivity index (χ2v) is 4.37. The molecule has 0 radical (unpaired) electrons. The predicted octanol–water partition coefficient (Wildman–Crippen LogP) is 3.91. The zero-order valence-corrected chi connectivity index (χ0v) is 12.0. The number of carboxylic acid groups (broad SMARTS) is 1. The summed E-state index contributed by atoms with van der Waals surface area (Å²) in [6, 6.07) is 0. The standard InChI is InChI=1S/C12H24O2.CH4N4/c1-2-3-4-5-6-7-8-9-10-11-12(13)14;2-4-1-5-3/h2-11H2,1H3,(H,13,14);1-2H,3H2. The van der Waals surface area contributed by atoms with E-state index in [1.54, 1.807) is 0 Å². The van der Waals surface area contributed by atoms with Crippen LogP contribution in [0.3, 0.4) is 0 Å². The Balaban J connectivity index is 0. The molecule has 0 saturated carbocycles. The molecule has 4 N–H and O–H groups in total. The quantitative estimate of drug-likeness (QED) is 0.132. The van der Waals surface area contributed by atoms with Crippen LogP contribution in [0.25, 0.3) is 0 Å². The Bertz CT molecular complexity index is 233. The van der Waals surface area contributed by atoms with E-state index in [-0.39, 0.29) is 0 Å². The molecule has 0 rings (SSSR count). The molecule has 0 aromatic rings. The summed E-state index contributed by atoms with van der Waals surface area (Å²) >= 11 is 0. The fourth-order valence-electron chi connectivity index (χ4n) is 1.62. The molecule has 0 fully saturated rings. The van der Waals surface area contributed by atoms with E-state index in [0.29, 0.717) is 6.42 Å². The minimum atomic E-state index is -0.659. The number of carbonyl (C=O) groups is 1. The summed E-state index contributed by atoms with van der Waals surface area (Å²) in [5, 5.41) is 14.0. The molecule has 0 spiro atoms. The Kier molecular flexibility index (Phi) is 19.8. The van der Waals surface area contributed by atoms with Crippen molar-refractivity contribution in [1.82, 2.24) is 0 Å². The molecular formula is C13H28N4O2. The van der Waals surface area contributed by atoms with Crippen LogP contribution in [0, 0.1) is 5.53 Å². The summed E-state index contributed by atoms with van der Waals surface area (Å²) in [7, 11) is 0. The van der Waals surface area contributed by atoms with Crippen molar-refractivity contribution < 1.29 is 9.90 Å². The fourth-order valence-corrected chi connectivity index (χ4v) is 1.62. The lowest BCUT2D eigenvalue weighted by Gasteiger charge is -2.00. The van der Waals surface area contributed by atoms with Gasteiger partial charge in [-0.3, -0.25) is 4.79 Å². The van der Waals surface area contributed by atoms with Gasteiger partial charge in [0, 0.05) is 6.42 Å². The molecule has 0 aromatic carbocycles. The highest BCUT2D eigenvalue weighted by Crippen LogP contribution is 2.10. The molecular weight excluding hydrogens is 244 g/mol. The normalized spacial score (nSPS) is 9.95. The van der Waals surface area contributed by atoms with Crippen molar-refractivity contribution in [3.8, 4) is 0 Å². The van der Waals surface area contributed by atoms with Gasteiger partial charge in [-0.15, -0.1) is 5.11 Å². The first-order valence-corrected chi connectivity index (χ1v) is 6.99. The monoisotopic (exact) mass is 272 g/mol. The van der Waals surface area contributed by atoms with Gasteiger partial charge in [-0.05, 0) is 6.42 Å². The van der Waals surface area contributed by atoms with E-state index in [1.807, 2.05) is 0 Å². The van der Waals surface area contributed by atoms with E-state index in [4.69, 9.17) is 10.6 Å². The minimum Gasteiger partial charge on any atom is -0.481 e. The molecule has 0 aliphatic rings. The van der Waals surface area contributed by atoms with Crippen LogP contribution in [0.15, 0.2) is 10.2 Å². The van der Waals surface area contributed by atoms with E-state index < -0.39 is 5.97 Å². The summed E-state index contributed by atoms with van der Waals surface area (Å²) in [6.07, 6.45) is 12.4. The van der Waals surface area contributed by atoms with Crippen LogP contribution >= 0.6 is 0 Å². The summed E-state index contributed by atoms with van der Waals surface area (Å²) < 4.78 is 0. The Morgan fingerprint density at radius 2 is 1.58 bits per heavy atom. The third kappa shape index (κ3) is 26.3. The molecule has 0 amide bonds. The largest absolute Gasteiger partial charge is 0.481 e. The van der Waals surface area contributed by atoms with Crippen LogP contribution in [0.5, 0.6) is 0 Å². The number of unbranched alkanes of at least 4 members (excludes halogenated alkanes) is 8. The van der Waals surface area contributed by atoms with Gasteiger partial charge in [0.15, 0.2) is 6.34 Å². The van der Waals surface area contributed by atoms with Gasteiger partial charge in [0.2, 0.25) is 0 Å². The van der Waals surface area contributed by atoms with Crippen molar-refractivity contribution in [3.63, 3.8) is 0 Å². The van der Waals surface area contributed by atoms with Crippen molar-refractivity contribution in [1.29, 1.82) is 5.53 Å². The third-order valence-corrected chi connectivity index (χ3v) is 2.62. The summed E-state index contributed by atoms with van der Waals surface area (Å²) in [4.78, 5) is 10.2. The second kappa shape index (κ2) is 18.9. The van der Waals surface area contributed by atoms with Gasteiger partial charge in [-0.1, -0.05) is 58.3 Å². The van der Waals surface area contributed by atoms with Crippen LogP contribution in [0.2, 0.25) is 0 Å². The first kappa shape index (κ1) is 19.9. The van der Waals surface area contributed by atoms with Crippen molar-refractivity contribution in [3.05, 3.63) is 0 Å². The smallest absolute Gasteiger partial charge is 0.303 e. The fraction of sp³-hybridized carbons (Fsp3) is 0.846. The summed E-state index contributed by atoms with van der Waals surface area (Å²) in [5.74, 6) is 3.84. The third-order valence-electron chi connectivity index (χ3n) is 2.62. The Hall–Kier alpha value is -1.46. The van der Waals surface area contributed by atoms with Gasteiger partial charge in [0.25, 0.3) is 0 Å². The topological polar surface area (TPSA) is 112 Å². The lowest BCUT2D eigenvalue weighted by atomic mass is 10.1. The van der Waals surface area contributed by atoms with Crippen molar-refractivity contribution in [2.45, 2.75) is 71.1 Å². The Morgan fingerprint density at radius 1 is 1.11 bits per heavy atom. The van der Waals surface area contributed by atoms with E-state index in [0.717, 1.165) is 19.2 Å². The highest BCUT2D eigenvalue weighted by atomic mass is 16.4. The van der Waals surface area contributed by atoms with E-state index in [1.165, 1.54) is 44.9 Å². The molecule has 0 heterocycles. The molecule has 0 aliphatic carbocycles. The van der Waals surface area contributed by atoms with Crippen LogP contribution < -0.4 is 5.84 Å². The molecule has 6 nitrogen and oxygen atoms in total. The molecule has 6 heteroatoms. The van der Waals surface area contributed by atoms with Gasteiger partial charge in [0.05, 0.1) is 0 Å². The Labute approximate surface area is 116 Å². The average Bonchev–Trinajstić information content (AvgIpc) is 2.38. The lowest BCUT2D eigenvalue weighted by molar-refractivity contribution is -0.137. The zero-order chi connectivity index (χ0) is 14.8. The SMILES string of the molecule is CCCCCCCCCCCC(=O)O.N=NC=NN. The second-order valence-electron chi connectivity index (χ2n) is 4.37. The number of rotatable bonds is 11. The number of nitrogens with two attached hydrogens (primary N) is 1. The predicted molar refractivity (Wildman–Crippen MR) is 77.3 cm³/mol. The molecule has 0 unspecified atom stereocenters. The van der Waals surface area contributed by atoms with Crippen molar-refractivity contribution >= 4 is 12.3 Å². The summed E-state index contributed by atoms with van der Waals surface area (Å²) in [5.41, 5.74) is 6.00. The van der Waals surface area contributed by atoms with Crippen LogP contribution in [0.1, 0.15) is 71.1 Å². The van der Waals surface area contributed by atoms with Crippen molar-refractivity contribution in [2.24, 2.45) is 16.1 Å². The van der Waals surface area contributed by atoms with E-state index >= 15 is 0 Å². The van der Waals surface area contributed by atoms with E-state index in [2.05, 4.69) is 23.0 Å². The van der Waals surface area contributed by atoms with Gasteiger partial charge in [0.1, 0.15) is 0 Å². The molecule has 0 aliphatic heterocycles. The molecule has 0 aromatic heterocycles. The van der Waals surface area contributed by atoms with Gasteiger partial charge in [-0.25, -0.2) is 5.53 Å². The number of hydrazone groups is 1. The molecule has 0 saturated heterocycles. The zero-order valence-electron chi connectivity index (χ0n) is 12.0. The first-order valence-electron chi connectivity index (χ1n) is 6.99. The van der Waals surface area contributed by atoms with Gasteiger partial charge < -0.3 is 10.9 Å². The van der Waals surface area contributed by atoms with Crippen LogP contribution in [-0.2, 0) is 4.79 Å². The van der Waals surface area contributed by atoms with Gasteiger partial charge >= 0.3 is 5.97 Å². The van der Waals surface area contributed by atoms with Crippen molar-refractivity contribution in [2.75, 3.05) is 0 Å². The number of nitrogens with one attached hydrogen (secondary N) is 1. The molecule has 0 atom stereocenters. The number of hydrogen-bond acceptors (Lipinski definition) is 4. The van der Waals surface area contributed by atoms with E-state index in [9.17, 15) is 4.79 Å². The minimum absolute atomic E-state index is 0.343. The highest BCUT2D eigenvalue weighted by Gasteiger charge is 1.96. The number of aliphatic carboxylic acids is 1. The Morgan fingerprint density at radius 3 is 1.89 bits per heavy atom. The maximum absolute atomic E-state index is 10.2. The first-order chi connectivity index (χ1) is 9.18. The number of hydrogen-bond donors (Lipinski definition) is 3. The maximum atomic E-state index is 10.2. The van der Waals surface area contributed by atoms with Gasteiger partial charge in [-0.2, -0.15) is 5.10 Å². The molecule has 112 valence electrons. The summed E-state index contributed by atoms with van der Waals surface area (Å²) in [6.45, 7) is 2.23. The van der Waals surface area contributed by atoms with Crippen LogP contribution in [0.4, 0.5) is 0 Å². The molecule has 0 bridgehead atoms. The van der Waals surface area contributed by atoms with Crippen LogP contribution in [-0.4, -0.2) is 17.4 Å². The highest BCUT2D eigenvalue weighted by molar-refractivity contribution is 5.66. The number of carboxylic acids is 1. The average molecular weight is 272 g/mol. The maximum Gasteiger partial charge on any atom is 0.303 e.